The number of aliphatic hydroxyl groups excluding tert-OH is 1. The van der Waals surface area contributed by atoms with E-state index in [1.807, 2.05) is 0 Å². The molecule has 0 aromatic rings. The first kappa shape index (κ1) is 13.9. The second-order valence-electron chi connectivity index (χ2n) is 5.14. The molecule has 6 heteroatoms. The highest BCUT2D eigenvalue weighted by Gasteiger charge is 2.54. The summed E-state index contributed by atoms with van der Waals surface area (Å²) in [7, 11) is 1.52. The van der Waals surface area contributed by atoms with E-state index in [0.29, 0.717) is 0 Å². The normalized spacial score (nSPS) is 38.8. The van der Waals surface area contributed by atoms with Gasteiger partial charge in [0.05, 0.1) is 18.6 Å². The molecule has 1 heterocycles. The standard InChI is InChI=1S/C12H20O6/c1-12(2)17-10-7(5-13)8(14)4-9(11(10)18-12)16-6-15-3/h7,9-11,13H,4-6H2,1-3H3/t7-,9+,10+,11+/m0/s1. The summed E-state index contributed by atoms with van der Waals surface area (Å²) in [5.74, 6) is -1.34. The molecule has 2 rings (SSSR count). The third-order valence-corrected chi connectivity index (χ3v) is 3.34. The van der Waals surface area contributed by atoms with Crippen LogP contribution < -0.4 is 0 Å². The third-order valence-electron chi connectivity index (χ3n) is 3.34. The van der Waals surface area contributed by atoms with Crippen molar-refractivity contribution in [2.75, 3.05) is 20.5 Å². The summed E-state index contributed by atoms with van der Waals surface area (Å²) in [5, 5.41) is 9.32. The highest BCUT2D eigenvalue weighted by molar-refractivity contribution is 5.83. The number of carbonyl (C=O) groups excluding carboxylic acids is 1. The van der Waals surface area contributed by atoms with Gasteiger partial charge in [0.2, 0.25) is 0 Å². The Morgan fingerprint density at radius 1 is 1.39 bits per heavy atom. The molecule has 0 amide bonds. The van der Waals surface area contributed by atoms with Gasteiger partial charge in [0.1, 0.15) is 24.8 Å². The van der Waals surface area contributed by atoms with Gasteiger partial charge in [-0.2, -0.15) is 0 Å². The SMILES string of the molecule is COCO[C@@H]1CC(=O)[C@H](CO)[C@H]2OC(C)(C)O[C@@H]21. The van der Waals surface area contributed by atoms with E-state index in [0.717, 1.165) is 0 Å². The van der Waals surface area contributed by atoms with E-state index >= 15 is 0 Å². The molecule has 0 spiro atoms. The summed E-state index contributed by atoms with van der Waals surface area (Å²) in [6.45, 7) is 3.46. The Hall–Kier alpha value is -0.530. The van der Waals surface area contributed by atoms with Gasteiger partial charge in [0.25, 0.3) is 0 Å². The molecule has 1 aliphatic heterocycles. The molecule has 0 unspecified atom stereocenters. The van der Waals surface area contributed by atoms with E-state index in [1.165, 1.54) is 7.11 Å². The Kier molecular flexibility index (Phi) is 4.03. The molecule has 4 atom stereocenters. The molecule has 1 N–H and O–H groups in total. The van der Waals surface area contributed by atoms with E-state index in [1.54, 1.807) is 13.8 Å². The highest BCUT2D eigenvalue weighted by Crippen LogP contribution is 2.39. The van der Waals surface area contributed by atoms with Gasteiger partial charge in [-0.3, -0.25) is 4.79 Å². The molecule has 2 aliphatic rings. The van der Waals surface area contributed by atoms with Crippen LogP contribution in [-0.4, -0.2) is 55.5 Å². The third kappa shape index (κ3) is 2.57. The first-order valence-electron chi connectivity index (χ1n) is 6.08. The van der Waals surface area contributed by atoms with E-state index < -0.39 is 17.8 Å². The number of methoxy groups -OCH3 is 1. The Morgan fingerprint density at radius 3 is 2.67 bits per heavy atom. The number of hydrogen-bond donors (Lipinski definition) is 1. The van der Waals surface area contributed by atoms with E-state index in [4.69, 9.17) is 18.9 Å². The topological polar surface area (TPSA) is 74.2 Å². The van der Waals surface area contributed by atoms with Crippen LogP contribution in [0, 0.1) is 5.92 Å². The fourth-order valence-electron chi connectivity index (χ4n) is 2.58. The van der Waals surface area contributed by atoms with Crippen molar-refractivity contribution in [1.82, 2.24) is 0 Å². The highest BCUT2D eigenvalue weighted by atomic mass is 16.8. The number of ether oxygens (including phenoxy) is 4. The average molecular weight is 260 g/mol. The number of fused-ring (bicyclic) bond motifs is 1. The molecule has 1 saturated carbocycles. The maximum absolute atomic E-state index is 11.9. The van der Waals surface area contributed by atoms with Crippen molar-refractivity contribution in [1.29, 1.82) is 0 Å². The molecule has 1 saturated heterocycles. The van der Waals surface area contributed by atoms with Crippen molar-refractivity contribution in [2.45, 2.75) is 44.4 Å². The monoisotopic (exact) mass is 260 g/mol. The summed E-state index contributed by atoms with van der Waals surface area (Å²) in [6.07, 6.45) is -0.958. The minimum Gasteiger partial charge on any atom is -0.396 e. The van der Waals surface area contributed by atoms with Crippen LogP contribution in [-0.2, 0) is 23.7 Å². The molecule has 0 bridgehead atoms. The van der Waals surface area contributed by atoms with Crippen molar-refractivity contribution in [3.63, 3.8) is 0 Å². The van der Waals surface area contributed by atoms with Crippen LogP contribution in [0.25, 0.3) is 0 Å². The fourth-order valence-corrected chi connectivity index (χ4v) is 2.58. The summed E-state index contributed by atoms with van der Waals surface area (Å²) in [6, 6.07) is 0. The van der Waals surface area contributed by atoms with Gasteiger partial charge in [-0.15, -0.1) is 0 Å². The average Bonchev–Trinajstić information content (AvgIpc) is 2.61. The van der Waals surface area contributed by atoms with Crippen molar-refractivity contribution in [2.24, 2.45) is 5.92 Å². The molecular formula is C12H20O6. The molecule has 6 nitrogen and oxygen atoms in total. The van der Waals surface area contributed by atoms with Gasteiger partial charge in [-0.25, -0.2) is 0 Å². The first-order chi connectivity index (χ1) is 8.48. The van der Waals surface area contributed by atoms with Crippen molar-refractivity contribution < 1.29 is 28.8 Å². The molecule has 0 aromatic carbocycles. The van der Waals surface area contributed by atoms with Gasteiger partial charge in [-0.05, 0) is 13.8 Å². The van der Waals surface area contributed by atoms with Crippen LogP contribution >= 0.6 is 0 Å². The molecule has 0 radical (unpaired) electrons. The molecule has 104 valence electrons. The lowest BCUT2D eigenvalue weighted by molar-refractivity contribution is -0.170. The second kappa shape index (κ2) is 5.22. The van der Waals surface area contributed by atoms with Crippen LogP contribution in [0.15, 0.2) is 0 Å². The second-order valence-corrected chi connectivity index (χ2v) is 5.14. The number of carbonyl (C=O) groups is 1. The maximum Gasteiger partial charge on any atom is 0.163 e. The van der Waals surface area contributed by atoms with Crippen LogP contribution in [0.1, 0.15) is 20.3 Å². The van der Waals surface area contributed by atoms with Crippen LogP contribution in [0.5, 0.6) is 0 Å². The molecule has 1 aliphatic carbocycles. The minimum absolute atomic E-state index is 0.0545. The lowest BCUT2D eigenvalue weighted by Crippen LogP contribution is -2.51. The van der Waals surface area contributed by atoms with Gasteiger partial charge in [-0.1, -0.05) is 0 Å². The summed E-state index contributed by atoms with van der Waals surface area (Å²) >= 11 is 0. The van der Waals surface area contributed by atoms with Crippen molar-refractivity contribution in [3.8, 4) is 0 Å². The van der Waals surface area contributed by atoms with E-state index in [9.17, 15) is 9.90 Å². The van der Waals surface area contributed by atoms with Gasteiger partial charge < -0.3 is 24.1 Å². The molecular weight excluding hydrogens is 240 g/mol. The summed E-state index contributed by atoms with van der Waals surface area (Å²) in [5.41, 5.74) is 0. The lowest BCUT2D eigenvalue weighted by atomic mass is 9.82. The quantitative estimate of drug-likeness (QED) is 0.721. The zero-order chi connectivity index (χ0) is 13.3. The Labute approximate surface area is 106 Å². The zero-order valence-electron chi connectivity index (χ0n) is 10.9. The smallest absolute Gasteiger partial charge is 0.163 e. The Balaban J connectivity index is 2.14. The lowest BCUT2D eigenvalue weighted by Gasteiger charge is -2.34. The molecule has 2 fully saturated rings. The number of aliphatic hydroxyl groups is 1. The largest absolute Gasteiger partial charge is 0.396 e. The van der Waals surface area contributed by atoms with Gasteiger partial charge in [0.15, 0.2) is 5.79 Å². The summed E-state index contributed by atoms with van der Waals surface area (Å²) in [4.78, 5) is 11.9. The van der Waals surface area contributed by atoms with Crippen molar-refractivity contribution >= 4 is 5.78 Å². The Morgan fingerprint density at radius 2 is 2.06 bits per heavy atom. The summed E-state index contributed by atoms with van der Waals surface area (Å²) < 4.78 is 21.8. The molecule has 0 aromatic heterocycles. The number of hydrogen-bond acceptors (Lipinski definition) is 6. The van der Waals surface area contributed by atoms with E-state index in [-0.39, 0.29) is 37.8 Å². The van der Waals surface area contributed by atoms with Gasteiger partial charge in [0, 0.05) is 13.5 Å². The van der Waals surface area contributed by atoms with Gasteiger partial charge >= 0.3 is 0 Å². The Bertz CT molecular complexity index is 316. The van der Waals surface area contributed by atoms with Crippen LogP contribution in [0.2, 0.25) is 0 Å². The van der Waals surface area contributed by atoms with E-state index in [2.05, 4.69) is 0 Å². The maximum atomic E-state index is 11.9. The first-order valence-corrected chi connectivity index (χ1v) is 6.08. The van der Waals surface area contributed by atoms with Crippen LogP contribution in [0.4, 0.5) is 0 Å². The number of rotatable bonds is 4. The minimum atomic E-state index is -0.762. The number of ketones is 1. The number of Topliss-reactive ketones (excluding diaryl/α,β-unsaturated/α-hetero) is 1. The zero-order valence-corrected chi connectivity index (χ0v) is 10.9. The predicted octanol–water partition coefficient (Wildman–Crippen LogP) is 0.0769. The van der Waals surface area contributed by atoms with Crippen molar-refractivity contribution in [3.05, 3.63) is 0 Å². The fraction of sp³-hybridized carbons (Fsp3) is 0.917. The van der Waals surface area contributed by atoms with Crippen LogP contribution in [0.3, 0.4) is 0 Å². The molecule has 18 heavy (non-hydrogen) atoms. The predicted molar refractivity (Wildman–Crippen MR) is 60.8 cm³/mol.